The van der Waals surface area contributed by atoms with Crippen molar-refractivity contribution in [1.29, 1.82) is 0 Å². The summed E-state index contributed by atoms with van der Waals surface area (Å²) in [6.07, 6.45) is 3.82. The first-order chi connectivity index (χ1) is 11.2. The first kappa shape index (κ1) is 15.7. The van der Waals surface area contributed by atoms with Gasteiger partial charge in [0.2, 0.25) is 0 Å². The van der Waals surface area contributed by atoms with Gasteiger partial charge in [-0.25, -0.2) is 4.39 Å². The van der Waals surface area contributed by atoms with Crippen LogP contribution in [0.4, 0.5) is 4.39 Å². The highest BCUT2D eigenvalue weighted by molar-refractivity contribution is 5.94. The number of hydrogen-bond donors (Lipinski definition) is 1. The molecule has 1 saturated heterocycles. The van der Waals surface area contributed by atoms with Gasteiger partial charge in [0.25, 0.3) is 5.91 Å². The molecule has 122 valence electrons. The lowest BCUT2D eigenvalue weighted by Gasteiger charge is -2.31. The van der Waals surface area contributed by atoms with Crippen LogP contribution in [0.15, 0.2) is 47.1 Å². The largest absolute Gasteiger partial charge is 0.468 e. The van der Waals surface area contributed by atoms with Gasteiger partial charge >= 0.3 is 0 Å². The van der Waals surface area contributed by atoms with Gasteiger partial charge in [0.05, 0.1) is 12.8 Å². The Balaban J connectivity index is 1.40. The Bertz CT molecular complexity index is 617. The van der Waals surface area contributed by atoms with E-state index < -0.39 is 0 Å². The van der Waals surface area contributed by atoms with Crippen molar-refractivity contribution in [2.24, 2.45) is 5.92 Å². The second-order valence-corrected chi connectivity index (χ2v) is 6.02. The Morgan fingerprint density at radius 3 is 2.61 bits per heavy atom. The normalized spacial score (nSPS) is 16.4. The van der Waals surface area contributed by atoms with Crippen molar-refractivity contribution in [2.75, 3.05) is 19.6 Å². The quantitative estimate of drug-likeness (QED) is 0.922. The molecule has 1 N–H and O–H groups in total. The number of amides is 1. The summed E-state index contributed by atoms with van der Waals surface area (Å²) in [5.41, 5.74) is 0.502. The predicted octanol–water partition coefficient (Wildman–Crippen LogP) is 3.06. The summed E-state index contributed by atoms with van der Waals surface area (Å²) in [7, 11) is 0. The van der Waals surface area contributed by atoms with Gasteiger partial charge in [-0.1, -0.05) is 0 Å². The van der Waals surface area contributed by atoms with E-state index in [0.29, 0.717) is 18.0 Å². The predicted molar refractivity (Wildman–Crippen MR) is 85.4 cm³/mol. The van der Waals surface area contributed by atoms with Crippen molar-refractivity contribution in [3.63, 3.8) is 0 Å². The molecule has 1 amide bonds. The standard InChI is InChI=1S/C18H21FN2O2/c19-16-5-3-15(4-6-16)18(22)20-12-14-7-9-21(10-8-14)13-17-2-1-11-23-17/h1-6,11,14H,7-10,12-13H2,(H,20,22). The highest BCUT2D eigenvalue weighted by Crippen LogP contribution is 2.18. The summed E-state index contributed by atoms with van der Waals surface area (Å²) >= 11 is 0. The Morgan fingerprint density at radius 2 is 1.96 bits per heavy atom. The van der Waals surface area contributed by atoms with Gasteiger partial charge in [-0.3, -0.25) is 9.69 Å². The summed E-state index contributed by atoms with van der Waals surface area (Å²) in [6, 6.07) is 9.54. The maximum Gasteiger partial charge on any atom is 0.251 e. The number of piperidine rings is 1. The molecule has 1 aromatic heterocycles. The minimum Gasteiger partial charge on any atom is -0.468 e. The van der Waals surface area contributed by atoms with E-state index in [9.17, 15) is 9.18 Å². The molecule has 2 heterocycles. The van der Waals surface area contributed by atoms with Gasteiger partial charge in [-0.2, -0.15) is 0 Å². The zero-order valence-corrected chi connectivity index (χ0v) is 13.0. The van der Waals surface area contributed by atoms with E-state index in [1.165, 1.54) is 24.3 Å². The molecule has 3 rings (SSSR count). The van der Waals surface area contributed by atoms with Crippen LogP contribution >= 0.6 is 0 Å². The van der Waals surface area contributed by atoms with Crippen LogP contribution in [0.1, 0.15) is 29.0 Å². The Labute approximate surface area is 135 Å². The second-order valence-electron chi connectivity index (χ2n) is 6.02. The number of hydrogen-bond acceptors (Lipinski definition) is 3. The molecule has 1 fully saturated rings. The molecule has 0 saturated carbocycles. The van der Waals surface area contributed by atoms with Crippen LogP contribution in [0.25, 0.3) is 0 Å². The lowest BCUT2D eigenvalue weighted by Crippen LogP contribution is -2.38. The summed E-state index contributed by atoms with van der Waals surface area (Å²) < 4.78 is 18.2. The molecule has 2 aromatic rings. The molecule has 4 nitrogen and oxygen atoms in total. The number of furan rings is 1. The van der Waals surface area contributed by atoms with Crippen LogP contribution in [0.2, 0.25) is 0 Å². The SMILES string of the molecule is O=C(NCC1CCN(Cc2ccco2)CC1)c1ccc(F)cc1. The van der Waals surface area contributed by atoms with Gasteiger partial charge in [0.15, 0.2) is 0 Å². The molecule has 0 bridgehead atoms. The molecule has 0 unspecified atom stereocenters. The molecular weight excluding hydrogens is 295 g/mol. The first-order valence-electron chi connectivity index (χ1n) is 7.99. The van der Waals surface area contributed by atoms with E-state index >= 15 is 0 Å². The van der Waals surface area contributed by atoms with Crippen LogP contribution in [0.5, 0.6) is 0 Å². The molecule has 23 heavy (non-hydrogen) atoms. The molecule has 0 radical (unpaired) electrons. The molecule has 1 aromatic carbocycles. The van der Waals surface area contributed by atoms with Gasteiger partial charge in [0.1, 0.15) is 11.6 Å². The van der Waals surface area contributed by atoms with Crippen LogP contribution < -0.4 is 5.32 Å². The zero-order chi connectivity index (χ0) is 16.1. The molecular formula is C18H21FN2O2. The summed E-state index contributed by atoms with van der Waals surface area (Å²) in [5, 5.41) is 2.95. The van der Waals surface area contributed by atoms with E-state index in [-0.39, 0.29) is 11.7 Å². The van der Waals surface area contributed by atoms with Gasteiger partial charge in [-0.15, -0.1) is 0 Å². The average molecular weight is 316 g/mol. The average Bonchev–Trinajstić information content (AvgIpc) is 3.07. The Morgan fingerprint density at radius 1 is 1.22 bits per heavy atom. The third-order valence-corrected chi connectivity index (χ3v) is 4.32. The Kier molecular flexibility index (Phi) is 5.08. The monoisotopic (exact) mass is 316 g/mol. The maximum absolute atomic E-state index is 12.9. The van der Waals surface area contributed by atoms with Gasteiger partial charge in [0, 0.05) is 12.1 Å². The van der Waals surface area contributed by atoms with E-state index in [1.807, 2.05) is 12.1 Å². The number of rotatable bonds is 5. The fraction of sp³-hybridized carbons (Fsp3) is 0.389. The van der Waals surface area contributed by atoms with Crippen molar-refractivity contribution >= 4 is 5.91 Å². The number of likely N-dealkylation sites (tertiary alicyclic amines) is 1. The lowest BCUT2D eigenvalue weighted by atomic mass is 9.96. The number of nitrogens with zero attached hydrogens (tertiary/aromatic N) is 1. The van der Waals surface area contributed by atoms with E-state index in [2.05, 4.69) is 10.2 Å². The van der Waals surface area contributed by atoms with Crippen molar-refractivity contribution < 1.29 is 13.6 Å². The minimum absolute atomic E-state index is 0.136. The van der Waals surface area contributed by atoms with Crippen molar-refractivity contribution in [2.45, 2.75) is 19.4 Å². The fourth-order valence-corrected chi connectivity index (χ4v) is 2.91. The highest BCUT2D eigenvalue weighted by Gasteiger charge is 2.20. The summed E-state index contributed by atoms with van der Waals surface area (Å²) in [6.45, 7) is 3.54. The van der Waals surface area contributed by atoms with Crippen molar-refractivity contribution in [1.82, 2.24) is 10.2 Å². The van der Waals surface area contributed by atoms with E-state index in [4.69, 9.17) is 4.42 Å². The summed E-state index contributed by atoms with van der Waals surface area (Å²) in [5.74, 6) is 1.02. The molecule has 0 atom stereocenters. The maximum atomic E-state index is 12.9. The highest BCUT2D eigenvalue weighted by atomic mass is 19.1. The smallest absolute Gasteiger partial charge is 0.251 e. The third-order valence-electron chi connectivity index (χ3n) is 4.32. The third kappa shape index (κ3) is 4.42. The van der Waals surface area contributed by atoms with E-state index in [1.54, 1.807) is 6.26 Å². The molecule has 0 aliphatic carbocycles. The number of carbonyl (C=O) groups excluding carboxylic acids is 1. The number of benzene rings is 1. The fourth-order valence-electron chi connectivity index (χ4n) is 2.91. The second kappa shape index (κ2) is 7.42. The Hall–Kier alpha value is -2.14. The zero-order valence-electron chi connectivity index (χ0n) is 13.0. The van der Waals surface area contributed by atoms with E-state index in [0.717, 1.165) is 38.2 Å². The number of halogens is 1. The van der Waals surface area contributed by atoms with Crippen LogP contribution in [0.3, 0.4) is 0 Å². The number of nitrogens with one attached hydrogen (secondary N) is 1. The van der Waals surface area contributed by atoms with Crippen LogP contribution in [0, 0.1) is 11.7 Å². The van der Waals surface area contributed by atoms with Crippen molar-refractivity contribution in [3.8, 4) is 0 Å². The molecule has 1 aliphatic heterocycles. The minimum atomic E-state index is -0.328. The van der Waals surface area contributed by atoms with Crippen LogP contribution in [-0.2, 0) is 6.54 Å². The number of carbonyl (C=O) groups is 1. The lowest BCUT2D eigenvalue weighted by molar-refractivity contribution is 0.0934. The van der Waals surface area contributed by atoms with Gasteiger partial charge < -0.3 is 9.73 Å². The molecule has 1 aliphatic rings. The van der Waals surface area contributed by atoms with Crippen LogP contribution in [-0.4, -0.2) is 30.4 Å². The van der Waals surface area contributed by atoms with Crippen molar-refractivity contribution in [3.05, 3.63) is 59.8 Å². The first-order valence-corrected chi connectivity index (χ1v) is 7.99. The topological polar surface area (TPSA) is 45.5 Å². The molecule has 0 spiro atoms. The molecule has 5 heteroatoms. The van der Waals surface area contributed by atoms with Gasteiger partial charge in [-0.05, 0) is 68.2 Å². The summed E-state index contributed by atoms with van der Waals surface area (Å²) in [4.78, 5) is 14.4.